The van der Waals surface area contributed by atoms with Crippen LogP contribution in [0.25, 0.3) is 0 Å². The molecule has 4 nitrogen and oxygen atoms in total. The molecule has 1 aromatic heterocycles. The Morgan fingerprint density at radius 2 is 2.05 bits per heavy atom. The molecular weight excluding hydrogens is 306 g/mol. The van der Waals surface area contributed by atoms with Gasteiger partial charge in [0.15, 0.2) is 0 Å². The topological polar surface area (TPSA) is 46.9 Å². The molecule has 0 aliphatic carbocycles. The number of carbonyl (C=O) groups excluding carboxylic acids is 1. The number of ketones is 1. The highest BCUT2D eigenvalue weighted by Gasteiger charge is 2.16. The molecule has 1 heterocycles. The molecule has 0 fully saturated rings. The monoisotopic (exact) mass is 329 g/mol. The number of aryl methyl sites for hydroxylation is 2. The van der Waals surface area contributed by atoms with E-state index in [4.69, 9.17) is 0 Å². The van der Waals surface area contributed by atoms with Gasteiger partial charge in [-0.3, -0.25) is 9.48 Å². The van der Waals surface area contributed by atoms with Crippen molar-refractivity contribution in [3.05, 3.63) is 15.9 Å². The minimum absolute atomic E-state index is 0.0583. The summed E-state index contributed by atoms with van der Waals surface area (Å²) in [5.41, 5.74) is 2.04. The Balaban J connectivity index is 2.56. The van der Waals surface area contributed by atoms with E-state index in [-0.39, 0.29) is 11.3 Å². The molecule has 0 saturated heterocycles. The van der Waals surface area contributed by atoms with Crippen LogP contribution >= 0.6 is 15.9 Å². The number of hydrogen-bond acceptors (Lipinski definition) is 3. The van der Waals surface area contributed by atoms with Crippen molar-refractivity contribution in [3.8, 4) is 0 Å². The van der Waals surface area contributed by atoms with Crippen LogP contribution in [-0.2, 0) is 24.7 Å². The molecule has 1 N–H and O–H groups in total. The summed E-state index contributed by atoms with van der Waals surface area (Å²) < 4.78 is 2.78. The van der Waals surface area contributed by atoms with Gasteiger partial charge in [-0.05, 0) is 43.1 Å². The second kappa shape index (κ2) is 6.66. The Hall–Kier alpha value is -0.680. The van der Waals surface area contributed by atoms with Gasteiger partial charge in [0, 0.05) is 32.0 Å². The normalized spacial score (nSPS) is 11.9. The summed E-state index contributed by atoms with van der Waals surface area (Å²) in [5, 5.41) is 7.73. The summed E-state index contributed by atoms with van der Waals surface area (Å²) >= 11 is 3.54. The molecular formula is C14H24BrN3O. The zero-order valence-corrected chi connectivity index (χ0v) is 14.1. The molecule has 0 aliphatic rings. The largest absolute Gasteiger partial charge is 0.312 e. The summed E-state index contributed by atoms with van der Waals surface area (Å²) in [5.74, 6) is 0.239. The van der Waals surface area contributed by atoms with E-state index in [0.29, 0.717) is 12.8 Å². The van der Waals surface area contributed by atoms with E-state index >= 15 is 0 Å². The first kappa shape index (κ1) is 16.4. The highest BCUT2D eigenvalue weighted by molar-refractivity contribution is 9.10. The first-order valence-corrected chi connectivity index (χ1v) is 7.51. The molecule has 0 unspecified atom stereocenters. The van der Waals surface area contributed by atoms with Gasteiger partial charge in [-0.25, -0.2) is 0 Å². The average Bonchev–Trinajstić information content (AvgIpc) is 2.54. The second-order valence-corrected chi connectivity index (χ2v) is 6.62. The van der Waals surface area contributed by atoms with Gasteiger partial charge in [0.25, 0.3) is 0 Å². The fraction of sp³-hybridized carbons (Fsp3) is 0.714. The molecule has 0 saturated carbocycles. The fourth-order valence-electron chi connectivity index (χ4n) is 1.86. The lowest BCUT2D eigenvalue weighted by Gasteiger charge is -2.20. The van der Waals surface area contributed by atoms with E-state index in [1.54, 1.807) is 4.68 Å². The molecule has 0 bridgehead atoms. The maximum Gasteiger partial charge on any atom is 0.140 e. The van der Waals surface area contributed by atoms with Crippen LogP contribution in [0.15, 0.2) is 4.47 Å². The SMILES string of the molecule is CCc1nn(C)c(CC(=O)CCNC(C)(C)C)c1Br. The van der Waals surface area contributed by atoms with Crippen LogP contribution in [0.2, 0.25) is 0 Å². The third-order valence-electron chi connectivity index (χ3n) is 2.93. The smallest absolute Gasteiger partial charge is 0.140 e. The Labute approximate surface area is 124 Å². The number of aromatic nitrogens is 2. The van der Waals surface area contributed by atoms with Gasteiger partial charge >= 0.3 is 0 Å². The van der Waals surface area contributed by atoms with Crippen LogP contribution in [0.1, 0.15) is 45.5 Å². The number of halogens is 1. The predicted molar refractivity (Wildman–Crippen MR) is 81.4 cm³/mol. The van der Waals surface area contributed by atoms with Gasteiger partial charge < -0.3 is 5.32 Å². The first-order valence-electron chi connectivity index (χ1n) is 6.71. The number of nitrogens with zero attached hydrogens (tertiary/aromatic N) is 2. The van der Waals surface area contributed by atoms with Crippen LogP contribution in [0.3, 0.4) is 0 Å². The Kier molecular flexibility index (Phi) is 5.74. The van der Waals surface area contributed by atoms with E-state index < -0.39 is 0 Å². The highest BCUT2D eigenvalue weighted by atomic mass is 79.9. The standard InChI is InChI=1S/C14H24BrN3O/c1-6-11-13(15)12(18(5)17-11)9-10(19)7-8-16-14(2,3)4/h16H,6-9H2,1-5H3. The third-order valence-corrected chi connectivity index (χ3v) is 3.84. The zero-order valence-electron chi connectivity index (χ0n) is 12.5. The zero-order chi connectivity index (χ0) is 14.6. The van der Waals surface area contributed by atoms with Gasteiger partial charge in [0.05, 0.1) is 15.9 Å². The first-order chi connectivity index (χ1) is 8.74. The minimum Gasteiger partial charge on any atom is -0.312 e. The summed E-state index contributed by atoms with van der Waals surface area (Å²) in [6, 6.07) is 0. The van der Waals surface area contributed by atoms with E-state index in [0.717, 1.165) is 28.8 Å². The lowest BCUT2D eigenvalue weighted by atomic mass is 10.1. The van der Waals surface area contributed by atoms with E-state index in [1.807, 2.05) is 7.05 Å². The Bertz CT molecular complexity index is 446. The van der Waals surface area contributed by atoms with Crippen molar-refractivity contribution in [1.82, 2.24) is 15.1 Å². The Morgan fingerprint density at radius 3 is 2.53 bits per heavy atom. The average molecular weight is 330 g/mol. The summed E-state index contributed by atoms with van der Waals surface area (Å²) in [4.78, 5) is 12.0. The molecule has 0 aliphatic heterocycles. The molecule has 19 heavy (non-hydrogen) atoms. The molecule has 5 heteroatoms. The van der Waals surface area contributed by atoms with Crippen LogP contribution in [0.4, 0.5) is 0 Å². The molecule has 0 spiro atoms. The van der Waals surface area contributed by atoms with Crippen LogP contribution < -0.4 is 5.32 Å². The summed E-state index contributed by atoms with van der Waals surface area (Å²) in [7, 11) is 1.89. The quantitative estimate of drug-likeness (QED) is 0.872. The maximum atomic E-state index is 12.0. The van der Waals surface area contributed by atoms with Gasteiger partial charge in [-0.1, -0.05) is 6.92 Å². The van der Waals surface area contributed by atoms with Crippen molar-refractivity contribution < 1.29 is 4.79 Å². The second-order valence-electron chi connectivity index (χ2n) is 5.83. The van der Waals surface area contributed by atoms with Crippen molar-refractivity contribution in [1.29, 1.82) is 0 Å². The molecule has 108 valence electrons. The number of hydrogen-bond donors (Lipinski definition) is 1. The van der Waals surface area contributed by atoms with Crippen molar-refractivity contribution in [2.75, 3.05) is 6.54 Å². The molecule has 1 aromatic rings. The molecule has 0 amide bonds. The Morgan fingerprint density at radius 1 is 1.42 bits per heavy atom. The molecule has 1 rings (SSSR count). The number of nitrogens with one attached hydrogen (secondary N) is 1. The number of carbonyl (C=O) groups is 1. The van der Waals surface area contributed by atoms with Crippen LogP contribution in [-0.4, -0.2) is 27.6 Å². The molecule has 0 atom stereocenters. The van der Waals surface area contributed by atoms with E-state index in [9.17, 15) is 4.79 Å². The van der Waals surface area contributed by atoms with Gasteiger partial charge in [0.2, 0.25) is 0 Å². The van der Waals surface area contributed by atoms with Crippen LogP contribution in [0, 0.1) is 0 Å². The van der Waals surface area contributed by atoms with E-state index in [1.165, 1.54) is 0 Å². The van der Waals surface area contributed by atoms with Crippen LogP contribution in [0.5, 0.6) is 0 Å². The predicted octanol–water partition coefficient (Wildman–Crippen LogP) is 2.63. The summed E-state index contributed by atoms with van der Waals surface area (Å²) in [6.07, 6.45) is 1.86. The summed E-state index contributed by atoms with van der Waals surface area (Å²) in [6.45, 7) is 9.08. The molecule has 0 aromatic carbocycles. The van der Waals surface area contributed by atoms with E-state index in [2.05, 4.69) is 54.0 Å². The van der Waals surface area contributed by atoms with Crippen molar-refractivity contribution in [2.24, 2.45) is 7.05 Å². The lowest BCUT2D eigenvalue weighted by molar-refractivity contribution is -0.118. The van der Waals surface area contributed by atoms with Crippen molar-refractivity contribution in [2.45, 2.75) is 52.5 Å². The number of rotatable bonds is 6. The van der Waals surface area contributed by atoms with Crippen molar-refractivity contribution >= 4 is 21.7 Å². The fourth-order valence-corrected chi connectivity index (χ4v) is 2.62. The highest BCUT2D eigenvalue weighted by Crippen LogP contribution is 2.22. The maximum absolute atomic E-state index is 12.0. The van der Waals surface area contributed by atoms with Gasteiger partial charge in [-0.15, -0.1) is 0 Å². The molecule has 0 radical (unpaired) electrons. The van der Waals surface area contributed by atoms with Crippen molar-refractivity contribution in [3.63, 3.8) is 0 Å². The lowest BCUT2D eigenvalue weighted by Crippen LogP contribution is -2.37. The third kappa shape index (κ3) is 5.07. The minimum atomic E-state index is 0.0583. The van der Waals surface area contributed by atoms with Gasteiger partial charge in [0.1, 0.15) is 5.78 Å². The number of Topliss-reactive ketones (excluding diaryl/α,β-unsaturated/α-hetero) is 1. The van der Waals surface area contributed by atoms with Gasteiger partial charge in [-0.2, -0.15) is 5.10 Å².